The van der Waals surface area contributed by atoms with Crippen molar-refractivity contribution in [3.05, 3.63) is 138 Å². The molecule has 0 aromatic heterocycles. The molecule has 0 saturated carbocycles. The zero-order valence-electron chi connectivity index (χ0n) is 24.0. The van der Waals surface area contributed by atoms with Gasteiger partial charge in [-0.05, 0) is 76.7 Å². The zero-order valence-corrected chi connectivity index (χ0v) is 25.6. The number of sulfonamides is 2. The highest BCUT2D eigenvalue weighted by Crippen LogP contribution is 2.32. The van der Waals surface area contributed by atoms with Gasteiger partial charge in [-0.2, -0.15) is 0 Å². The van der Waals surface area contributed by atoms with Gasteiger partial charge in [-0.25, -0.2) is 22.0 Å². The van der Waals surface area contributed by atoms with Crippen LogP contribution in [0.25, 0.3) is 22.3 Å². The SMILES string of the molecule is CCc1ccc(S(=O)(=O)N(Cc2cccc(-c3cccc(C(=N)N)c3)c2)c2ccc(-c3ccccc3S(N)(=O)=O)cc2)cc1. The summed E-state index contributed by atoms with van der Waals surface area (Å²) in [6.07, 6.45) is 0.781. The average molecular weight is 625 g/mol. The number of hydrogen-bond acceptors (Lipinski definition) is 5. The Hall–Kier alpha value is -4.77. The van der Waals surface area contributed by atoms with Crippen molar-refractivity contribution in [1.82, 2.24) is 0 Å². The van der Waals surface area contributed by atoms with E-state index in [2.05, 4.69) is 0 Å². The van der Waals surface area contributed by atoms with Gasteiger partial charge in [0.05, 0.1) is 22.0 Å². The molecular weight excluding hydrogens is 593 g/mol. The summed E-state index contributed by atoms with van der Waals surface area (Å²) in [5.74, 6) is -0.0375. The van der Waals surface area contributed by atoms with E-state index in [9.17, 15) is 16.8 Å². The first-order valence-electron chi connectivity index (χ1n) is 13.8. The molecule has 0 aliphatic rings. The fraction of sp³-hybridized carbons (Fsp3) is 0.0882. The number of benzene rings is 5. The molecule has 0 amide bonds. The summed E-state index contributed by atoms with van der Waals surface area (Å²) in [5.41, 5.74) is 11.2. The normalized spacial score (nSPS) is 11.7. The van der Waals surface area contributed by atoms with Gasteiger partial charge >= 0.3 is 0 Å². The number of primary sulfonamides is 1. The molecule has 0 heterocycles. The van der Waals surface area contributed by atoms with Gasteiger partial charge in [0, 0.05) is 11.1 Å². The van der Waals surface area contributed by atoms with E-state index in [0.29, 0.717) is 22.4 Å². The molecule has 5 N–H and O–H groups in total. The summed E-state index contributed by atoms with van der Waals surface area (Å²) in [7, 11) is -7.98. The van der Waals surface area contributed by atoms with Gasteiger partial charge in [-0.1, -0.05) is 85.8 Å². The van der Waals surface area contributed by atoms with Gasteiger partial charge in [0.1, 0.15) is 5.84 Å². The molecule has 0 aliphatic carbocycles. The summed E-state index contributed by atoms with van der Waals surface area (Å²) >= 11 is 0. The molecule has 10 heteroatoms. The van der Waals surface area contributed by atoms with E-state index in [1.54, 1.807) is 72.8 Å². The maximum Gasteiger partial charge on any atom is 0.264 e. The second-order valence-corrected chi connectivity index (χ2v) is 13.7. The summed E-state index contributed by atoms with van der Waals surface area (Å²) in [6.45, 7) is 2.04. The molecule has 0 spiro atoms. The molecule has 0 saturated heterocycles. The number of anilines is 1. The number of aryl methyl sites for hydroxylation is 1. The van der Waals surface area contributed by atoms with E-state index < -0.39 is 20.0 Å². The fourth-order valence-corrected chi connectivity index (χ4v) is 7.19. The van der Waals surface area contributed by atoms with Crippen LogP contribution < -0.4 is 15.2 Å². The van der Waals surface area contributed by atoms with E-state index in [0.717, 1.165) is 28.7 Å². The van der Waals surface area contributed by atoms with Gasteiger partial charge in [0.15, 0.2) is 0 Å². The van der Waals surface area contributed by atoms with Gasteiger partial charge in [-0.3, -0.25) is 9.71 Å². The topological polar surface area (TPSA) is 147 Å². The Labute approximate surface area is 258 Å². The predicted molar refractivity (Wildman–Crippen MR) is 175 cm³/mol. The number of nitrogens with two attached hydrogens (primary N) is 2. The number of hydrogen-bond donors (Lipinski definition) is 3. The maximum absolute atomic E-state index is 14.1. The van der Waals surface area contributed by atoms with E-state index >= 15 is 0 Å². The Balaban J connectivity index is 1.57. The van der Waals surface area contributed by atoms with Crippen LogP contribution in [-0.4, -0.2) is 22.7 Å². The molecule has 0 aliphatic heterocycles. The van der Waals surface area contributed by atoms with E-state index in [1.807, 2.05) is 49.4 Å². The molecule has 44 heavy (non-hydrogen) atoms. The molecule has 0 atom stereocenters. The molecule has 0 unspecified atom stereocenters. The number of nitrogens with one attached hydrogen (secondary N) is 1. The van der Waals surface area contributed by atoms with Crippen molar-refractivity contribution in [2.24, 2.45) is 10.9 Å². The van der Waals surface area contributed by atoms with Crippen LogP contribution in [0.1, 0.15) is 23.6 Å². The van der Waals surface area contributed by atoms with Crippen molar-refractivity contribution >= 4 is 31.6 Å². The zero-order chi connectivity index (χ0) is 31.5. The number of nitrogens with zero attached hydrogens (tertiary/aromatic N) is 1. The molecular formula is C34H32N4O4S2. The van der Waals surface area contributed by atoms with Crippen LogP contribution in [0.2, 0.25) is 0 Å². The standard InChI is InChI=1S/C34H32N4O4S2/c1-2-24-13-19-31(20-14-24)44(41,42)38(23-25-7-5-8-27(21-25)28-9-6-10-29(22-28)34(35)36)30-17-15-26(16-18-30)32-11-3-4-12-33(32)43(37,39)40/h3-22H,2,23H2,1H3,(H3,35,36)(H2,37,39,40). The minimum atomic E-state index is -4.01. The van der Waals surface area contributed by atoms with Crippen LogP contribution in [0.15, 0.2) is 131 Å². The lowest BCUT2D eigenvalue weighted by molar-refractivity contribution is 0.590. The first-order valence-corrected chi connectivity index (χ1v) is 16.8. The highest BCUT2D eigenvalue weighted by molar-refractivity contribution is 7.92. The monoisotopic (exact) mass is 624 g/mol. The van der Waals surface area contributed by atoms with Gasteiger partial charge < -0.3 is 5.73 Å². The highest BCUT2D eigenvalue weighted by Gasteiger charge is 2.26. The molecule has 5 rings (SSSR count). The molecule has 0 bridgehead atoms. The average Bonchev–Trinajstić information content (AvgIpc) is 3.03. The lowest BCUT2D eigenvalue weighted by Crippen LogP contribution is -2.30. The molecule has 8 nitrogen and oxygen atoms in total. The summed E-state index contributed by atoms with van der Waals surface area (Å²) in [5, 5.41) is 13.2. The first-order chi connectivity index (χ1) is 21.0. The van der Waals surface area contributed by atoms with Crippen LogP contribution >= 0.6 is 0 Å². The summed E-state index contributed by atoms with van der Waals surface area (Å²) in [6, 6.07) is 34.8. The minimum absolute atomic E-state index is 0.0149. The van der Waals surface area contributed by atoms with E-state index in [4.69, 9.17) is 16.3 Å². The Morgan fingerprint density at radius 2 is 1.34 bits per heavy atom. The van der Waals surface area contributed by atoms with Crippen LogP contribution in [0, 0.1) is 5.41 Å². The second kappa shape index (κ2) is 12.5. The molecule has 224 valence electrons. The molecule has 0 radical (unpaired) electrons. The molecule has 0 fully saturated rings. The number of rotatable bonds is 10. The third-order valence-electron chi connectivity index (χ3n) is 7.34. The maximum atomic E-state index is 14.1. The third-order valence-corrected chi connectivity index (χ3v) is 10.1. The van der Waals surface area contributed by atoms with Gasteiger partial charge in [-0.15, -0.1) is 0 Å². The van der Waals surface area contributed by atoms with E-state index in [-0.39, 0.29) is 22.2 Å². The Bertz CT molecular complexity index is 2040. The quantitative estimate of drug-likeness (QED) is 0.131. The van der Waals surface area contributed by atoms with Crippen LogP contribution in [0.4, 0.5) is 5.69 Å². The Morgan fingerprint density at radius 3 is 1.98 bits per heavy atom. The summed E-state index contributed by atoms with van der Waals surface area (Å²) < 4.78 is 54.0. The van der Waals surface area contributed by atoms with Crippen molar-refractivity contribution < 1.29 is 16.8 Å². The minimum Gasteiger partial charge on any atom is -0.384 e. The molecule has 5 aromatic carbocycles. The van der Waals surface area contributed by atoms with Crippen molar-refractivity contribution in [2.75, 3.05) is 4.31 Å². The van der Waals surface area contributed by atoms with Gasteiger partial charge in [0.2, 0.25) is 10.0 Å². The lowest BCUT2D eigenvalue weighted by atomic mass is 10.0. The fourth-order valence-electron chi connectivity index (χ4n) is 4.98. The highest BCUT2D eigenvalue weighted by atomic mass is 32.2. The Morgan fingerprint density at radius 1 is 0.705 bits per heavy atom. The Kier molecular flexibility index (Phi) is 8.68. The lowest BCUT2D eigenvalue weighted by Gasteiger charge is -2.25. The smallest absolute Gasteiger partial charge is 0.264 e. The summed E-state index contributed by atoms with van der Waals surface area (Å²) in [4.78, 5) is 0.141. The van der Waals surface area contributed by atoms with Gasteiger partial charge in [0.25, 0.3) is 10.0 Å². The van der Waals surface area contributed by atoms with Crippen molar-refractivity contribution in [2.45, 2.75) is 29.7 Å². The van der Waals surface area contributed by atoms with Crippen molar-refractivity contribution in [1.29, 1.82) is 5.41 Å². The van der Waals surface area contributed by atoms with Crippen molar-refractivity contribution in [3.8, 4) is 22.3 Å². The van der Waals surface area contributed by atoms with Crippen molar-refractivity contribution in [3.63, 3.8) is 0 Å². The largest absolute Gasteiger partial charge is 0.384 e. The van der Waals surface area contributed by atoms with Crippen LogP contribution in [0.3, 0.4) is 0 Å². The third kappa shape index (κ3) is 6.57. The van der Waals surface area contributed by atoms with Crippen LogP contribution in [-0.2, 0) is 33.0 Å². The van der Waals surface area contributed by atoms with Crippen LogP contribution in [0.5, 0.6) is 0 Å². The predicted octanol–water partition coefficient (Wildman–Crippen LogP) is 5.91. The number of nitrogen functional groups attached to an aromatic ring is 1. The number of amidine groups is 1. The second-order valence-electron chi connectivity index (χ2n) is 10.3. The van der Waals surface area contributed by atoms with E-state index in [1.165, 1.54) is 10.4 Å². The molecule has 5 aromatic rings. The first kappa shape index (κ1) is 30.7.